The molecule has 3 aromatic carbocycles. The molecule has 1 N–H and O–H groups in total. The van der Waals surface area contributed by atoms with Gasteiger partial charge >= 0.3 is 0 Å². The number of carbonyl (C=O) groups is 1. The van der Waals surface area contributed by atoms with Crippen LogP contribution in [-0.4, -0.2) is 30.9 Å². The van der Waals surface area contributed by atoms with E-state index in [0.29, 0.717) is 23.6 Å². The van der Waals surface area contributed by atoms with Crippen molar-refractivity contribution in [2.45, 2.75) is 6.54 Å². The number of methoxy groups -OCH3 is 2. The van der Waals surface area contributed by atoms with Gasteiger partial charge < -0.3 is 14.0 Å². The average Bonchev–Trinajstić information content (AvgIpc) is 3.17. The van der Waals surface area contributed by atoms with E-state index < -0.39 is 0 Å². The molecule has 0 saturated heterocycles. The van der Waals surface area contributed by atoms with Gasteiger partial charge in [0.2, 0.25) is 0 Å². The number of hydrazone groups is 1. The van der Waals surface area contributed by atoms with E-state index in [0.717, 1.165) is 27.1 Å². The highest BCUT2D eigenvalue weighted by molar-refractivity contribution is 6.31. The predicted molar refractivity (Wildman–Crippen MR) is 127 cm³/mol. The smallest absolute Gasteiger partial charge is 0.275 e. The number of nitrogens with zero attached hydrogens (tertiary/aromatic N) is 2. The zero-order valence-electron chi connectivity index (χ0n) is 17.7. The molecule has 162 valence electrons. The van der Waals surface area contributed by atoms with Crippen LogP contribution in [0.3, 0.4) is 0 Å². The van der Waals surface area contributed by atoms with Gasteiger partial charge in [-0.3, -0.25) is 4.79 Å². The average molecular weight is 448 g/mol. The van der Waals surface area contributed by atoms with Crippen molar-refractivity contribution >= 4 is 34.6 Å². The minimum absolute atomic E-state index is 0.367. The fraction of sp³-hybridized carbons (Fsp3) is 0.120. The fourth-order valence-electron chi connectivity index (χ4n) is 3.53. The van der Waals surface area contributed by atoms with E-state index >= 15 is 0 Å². The van der Waals surface area contributed by atoms with Crippen LogP contribution in [-0.2, 0) is 6.54 Å². The highest BCUT2D eigenvalue weighted by atomic mass is 35.5. The summed E-state index contributed by atoms with van der Waals surface area (Å²) in [7, 11) is 3.06. The molecular weight excluding hydrogens is 426 g/mol. The number of hydrogen-bond acceptors (Lipinski definition) is 4. The van der Waals surface area contributed by atoms with Crippen molar-refractivity contribution in [3.8, 4) is 11.5 Å². The first kappa shape index (κ1) is 21.5. The van der Waals surface area contributed by atoms with Crippen LogP contribution in [0.1, 0.15) is 21.5 Å². The zero-order valence-corrected chi connectivity index (χ0v) is 18.5. The van der Waals surface area contributed by atoms with Crippen LogP contribution in [0.25, 0.3) is 10.9 Å². The first-order valence-electron chi connectivity index (χ1n) is 9.97. The van der Waals surface area contributed by atoms with E-state index in [1.807, 2.05) is 54.7 Å². The van der Waals surface area contributed by atoms with Crippen molar-refractivity contribution in [3.63, 3.8) is 0 Å². The Morgan fingerprint density at radius 3 is 2.62 bits per heavy atom. The molecule has 1 heterocycles. The summed E-state index contributed by atoms with van der Waals surface area (Å²) in [6.45, 7) is 0.628. The van der Waals surface area contributed by atoms with Crippen LogP contribution < -0.4 is 14.9 Å². The molecule has 1 amide bonds. The lowest BCUT2D eigenvalue weighted by molar-refractivity contribution is 0.0952. The highest BCUT2D eigenvalue weighted by Crippen LogP contribution is 2.25. The molecule has 1 aromatic heterocycles. The first-order chi connectivity index (χ1) is 15.6. The van der Waals surface area contributed by atoms with Crippen LogP contribution in [0, 0.1) is 0 Å². The Kier molecular flexibility index (Phi) is 6.42. The number of rotatable bonds is 7. The van der Waals surface area contributed by atoms with Gasteiger partial charge in [0.15, 0.2) is 0 Å². The molecule has 4 aromatic rings. The number of carbonyl (C=O) groups excluding carboxylic acids is 1. The van der Waals surface area contributed by atoms with Crippen LogP contribution >= 0.6 is 11.6 Å². The molecule has 0 radical (unpaired) electrons. The van der Waals surface area contributed by atoms with E-state index in [1.54, 1.807) is 31.5 Å². The lowest BCUT2D eigenvalue weighted by Gasteiger charge is -2.08. The predicted octanol–water partition coefficient (Wildman–Crippen LogP) is 5.12. The molecule has 7 heteroatoms. The van der Waals surface area contributed by atoms with Gasteiger partial charge in [-0.25, -0.2) is 5.43 Å². The maximum Gasteiger partial charge on any atom is 0.275 e. The molecule has 0 bridgehead atoms. The third-order valence-electron chi connectivity index (χ3n) is 5.14. The molecule has 0 spiro atoms. The Labute approximate surface area is 191 Å². The molecule has 0 aliphatic heterocycles. The minimum Gasteiger partial charge on any atom is -0.497 e. The zero-order chi connectivity index (χ0) is 22.5. The number of para-hydroxylation sites is 1. The van der Waals surface area contributed by atoms with Crippen molar-refractivity contribution in [3.05, 3.63) is 94.6 Å². The number of ether oxygens (including phenoxy) is 2. The lowest BCUT2D eigenvalue weighted by atomic mass is 10.2. The molecular formula is C25H22ClN3O3. The largest absolute Gasteiger partial charge is 0.497 e. The van der Waals surface area contributed by atoms with E-state index in [-0.39, 0.29) is 5.91 Å². The van der Waals surface area contributed by atoms with Gasteiger partial charge in [-0.05, 0) is 29.8 Å². The van der Waals surface area contributed by atoms with Crippen LogP contribution in [0.15, 0.2) is 78.0 Å². The van der Waals surface area contributed by atoms with Crippen molar-refractivity contribution < 1.29 is 14.3 Å². The third-order valence-corrected chi connectivity index (χ3v) is 5.51. The summed E-state index contributed by atoms with van der Waals surface area (Å²) >= 11 is 6.35. The quantitative estimate of drug-likeness (QED) is 0.316. The summed E-state index contributed by atoms with van der Waals surface area (Å²) in [5, 5.41) is 5.92. The standard InChI is InChI=1S/C25H22ClN3O3/c1-31-19-11-12-21(24(13-19)32-2)25(30)28-27-14-18-16-29(23-10-6-4-8-20(18)23)15-17-7-3-5-9-22(17)26/h3-14,16H,15H2,1-2H3,(H,28,30)/b27-14-. The third kappa shape index (κ3) is 4.45. The Bertz CT molecular complexity index is 1300. The van der Waals surface area contributed by atoms with E-state index in [1.165, 1.54) is 7.11 Å². The summed E-state index contributed by atoms with van der Waals surface area (Å²) in [5.41, 5.74) is 5.90. The number of amides is 1. The van der Waals surface area contributed by atoms with E-state index in [4.69, 9.17) is 21.1 Å². The monoisotopic (exact) mass is 447 g/mol. The van der Waals surface area contributed by atoms with Crippen LogP contribution in [0.5, 0.6) is 11.5 Å². The Hall–Kier alpha value is -3.77. The highest BCUT2D eigenvalue weighted by Gasteiger charge is 2.13. The molecule has 0 aliphatic carbocycles. The van der Waals surface area contributed by atoms with Gasteiger partial charge in [0, 0.05) is 40.3 Å². The normalized spacial score (nSPS) is 11.1. The molecule has 0 atom stereocenters. The molecule has 6 nitrogen and oxygen atoms in total. The Balaban J connectivity index is 1.57. The molecule has 0 fully saturated rings. The maximum absolute atomic E-state index is 12.6. The molecule has 32 heavy (non-hydrogen) atoms. The number of hydrogen-bond donors (Lipinski definition) is 1. The van der Waals surface area contributed by atoms with Gasteiger partial charge in [0.25, 0.3) is 5.91 Å². The van der Waals surface area contributed by atoms with Gasteiger partial charge in [0.05, 0.1) is 26.0 Å². The topological polar surface area (TPSA) is 64.8 Å². The number of benzene rings is 3. The number of halogens is 1. The SMILES string of the molecule is COc1ccc(C(=O)N/N=C\c2cn(Cc3ccccc3Cl)c3ccccc23)c(OC)c1. The second kappa shape index (κ2) is 9.58. The van der Waals surface area contributed by atoms with Gasteiger partial charge in [-0.2, -0.15) is 5.10 Å². The van der Waals surface area contributed by atoms with Crippen LogP contribution in [0.4, 0.5) is 0 Å². The maximum atomic E-state index is 12.6. The number of aromatic nitrogens is 1. The molecule has 0 saturated carbocycles. The second-order valence-electron chi connectivity index (χ2n) is 7.09. The van der Waals surface area contributed by atoms with Crippen molar-refractivity contribution in [2.24, 2.45) is 5.10 Å². The summed E-state index contributed by atoms with van der Waals surface area (Å²) < 4.78 is 12.6. The second-order valence-corrected chi connectivity index (χ2v) is 7.49. The number of fused-ring (bicyclic) bond motifs is 1. The molecule has 4 rings (SSSR count). The minimum atomic E-state index is -0.374. The Morgan fingerprint density at radius 2 is 1.84 bits per heavy atom. The van der Waals surface area contributed by atoms with Crippen molar-refractivity contribution in [1.82, 2.24) is 9.99 Å². The summed E-state index contributed by atoms with van der Waals surface area (Å²) in [5.74, 6) is 0.641. The van der Waals surface area contributed by atoms with Gasteiger partial charge in [-0.1, -0.05) is 48.0 Å². The fourth-order valence-corrected chi connectivity index (χ4v) is 3.72. The summed E-state index contributed by atoms with van der Waals surface area (Å²) in [6.07, 6.45) is 3.64. The lowest BCUT2D eigenvalue weighted by Crippen LogP contribution is -2.18. The first-order valence-corrected chi connectivity index (χ1v) is 10.3. The Morgan fingerprint density at radius 1 is 1.06 bits per heavy atom. The van der Waals surface area contributed by atoms with E-state index in [9.17, 15) is 4.79 Å². The summed E-state index contributed by atoms with van der Waals surface area (Å²) in [4.78, 5) is 12.6. The molecule has 0 aliphatic rings. The number of nitrogens with one attached hydrogen (secondary N) is 1. The van der Waals surface area contributed by atoms with Gasteiger partial charge in [0.1, 0.15) is 11.5 Å². The summed E-state index contributed by atoms with van der Waals surface area (Å²) in [6, 6.07) is 20.8. The van der Waals surface area contributed by atoms with Crippen LogP contribution in [0.2, 0.25) is 5.02 Å². The molecule has 0 unspecified atom stereocenters. The van der Waals surface area contributed by atoms with Gasteiger partial charge in [-0.15, -0.1) is 0 Å². The van der Waals surface area contributed by atoms with E-state index in [2.05, 4.69) is 15.1 Å². The van der Waals surface area contributed by atoms with Crippen molar-refractivity contribution in [2.75, 3.05) is 14.2 Å². The van der Waals surface area contributed by atoms with Crippen molar-refractivity contribution in [1.29, 1.82) is 0 Å².